The number of carbonyl (C=O) groups is 1. The molecule has 0 atom stereocenters. The summed E-state index contributed by atoms with van der Waals surface area (Å²) in [5.74, 6) is -0.797. The van der Waals surface area contributed by atoms with Gasteiger partial charge >= 0.3 is 0 Å². The van der Waals surface area contributed by atoms with Crippen LogP contribution in [0, 0.1) is 9.39 Å². The Kier molecular flexibility index (Phi) is 3.82. The molecule has 0 N–H and O–H groups in total. The molecule has 0 unspecified atom stereocenters. The van der Waals surface area contributed by atoms with Gasteiger partial charge < -0.3 is 0 Å². The van der Waals surface area contributed by atoms with Crippen molar-refractivity contribution in [1.29, 1.82) is 0 Å². The Morgan fingerprint density at radius 3 is 2.79 bits per heavy atom. The van der Waals surface area contributed by atoms with E-state index in [1.54, 1.807) is 6.07 Å². The van der Waals surface area contributed by atoms with Crippen molar-refractivity contribution in [3.63, 3.8) is 0 Å². The number of hydrogen-bond acceptors (Lipinski definition) is 2. The highest BCUT2D eigenvalue weighted by Crippen LogP contribution is 2.15. The normalized spacial score (nSPS) is 10.0. The van der Waals surface area contributed by atoms with Crippen molar-refractivity contribution < 1.29 is 14.0 Å². The van der Waals surface area contributed by atoms with E-state index >= 15 is 0 Å². The number of halogens is 2. The standard InChI is InChI=1S/C9H9FINO2/c1-12(14-2)9(13)7-5-6(10)3-4-8(7)11/h3-5H,1-2H3. The average Bonchev–Trinajstić information content (AvgIpc) is 2.19. The lowest BCUT2D eigenvalue weighted by molar-refractivity contribution is -0.0757. The van der Waals surface area contributed by atoms with Gasteiger partial charge in [-0.2, -0.15) is 0 Å². The predicted octanol–water partition coefficient (Wildman–Crippen LogP) is 2.06. The van der Waals surface area contributed by atoms with E-state index in [-0.39, 0.29) is 5.91 Å². The minimum Gasteiger partial charge on any atom is -0.274 e. The van der Waals surface area contributed by atoms with Crippen molar-refractivity contribution in [2.24, 2.45) is 0 Å². The first kappa shape index (κ1) is 11.4. The van der Waals surface area contributed by atoms with Crippen LogP contribution in [0.5, 0.6) is 0 Å². The van der Waals surface area contributed by atoms with Gasteiger partial charge in [-0.1, -0.05) is 0 Å². The van der Waals surface area contributed by atoms with E-state index in [1.165, 1.54) is 26.3 Å². The summed E-state index contributed by atoms with van der Waals surface area (Å²) in [7, 11) is 2.85. The molecule has 0 heterocycles. The van der Waals surface area contributed by atoms with E-state index in [0.717, 1.165) is 5.06 Å². The van der Waals surface area contributed by atoms with Crippen LogP contribution in [0.4, 0.5) is 4.39 Å². The number of benzene rings is 1. The van der Waals surface area contributed by atoms with Crippen molar-refractivity contribution in [2.75, 3.05) is 14.2 Å². The number of nitrogens with zero attached hydrogens (tertiary/aromatic N) is 1. The third-order valence-corrected chi connectivity index (χ3v) is 2.66. The zero-order valence-corrected chi connectivity index (χ0v) is 9.91. The fraction of sp³-hybridized carbons (Fsp3) is 0.222. The molecule has 0 saturated heterocycles. The monoisotopic (exact) mass is 309 g/mol. The first-order chi connectivity index (χ1) is 6.56. The predicted molar refractivity (Wildman–Crippen MR) is 58.2 cm³/mol. The lowest BCUT2D eigenvalue weighted by atomic mass is 10.2. The summed E-state index contributed by atoms with van der Waals surface area (Å²) in [4.78, 5) is 16.3. The van der Waals surface area contributed by atoms with E-state index in [4.69, 9.17) is 4.84 Å². The molecule has 0 aliphatic heterocycles. The molecule has 1 aromatic rings. The molecule has 0 aromatic heterocycles. The second-order valence-corrected chi connectivity index (χ2v) is 3.77. The number of carbonyl (C=O) groups excluding carboxylic acids is 1. The molecule has 76 valence electrons. The van der Waals surface area contributed by atoms with Crippen molar-refractivity contribution in [1.82, 2.24) is 5.06 Å². The lowest BCUT2D eigenvalue weighted by Gasteiger charge is -2.14. The van der Waals surface area contributed by atoms with Crippen LogP contribution < -0.4 is 0 Å². The molecule has 0 spiro atoms. The van der Waals surface area contributed by atoms with Gasteiger partial charge in [-0.25, -0.2) is 9.45 Å². The molecule has 1 aromatic carbocycles. The van der Waals surface area contributed by atoms with E-state index in [0.29, 0.717) is 9.13 Å². The molecule has 3 nitrogen and oxygen atoms in total. The number of rotatable bonds is 2. The molecule has 0 aliphatic carbocycles. The van der Waals surface area contributed by atoms with Gasteiger partial charge in [0.05, 0.1) is 12.7 Å². The molecule has 1 amide bonds. The summed E-state index contributed by atoms with van der Waals surface area (Å²) >= 11 is 1.97. The van der Waals surface area contributed by atoms with Gasteiger partial charge in [-0.05, 0) is 40.8 Å². The van der Waals surface area contributed by atoms with Gasteiger partial charge in [-0.15, -0.1) is 0 Å². The molecular weight excluding hydrogens is 300 g/mol. The van der Waals surface area contributed by atoms with Gasteiger partial charge in [0.1, 0.15) is 5.82 Å². The molecule has 5 heteroatoms. The van der Waals surface area contributed by atoms with Crippen molar-refractivity contribution >= 4 is 28.5 Å². The quantitative estimate of drug-likeness (QED) is 0.618. The minimum atomic E-state index is -0.432. The summed E-state index contributed by atoms with van der Waals surface area (Å²) in [6.07, 6.45) is 0. The van der Waals surface area contributed by atoms with Crippen molar-refractivity contribution in [3.8, 4) is 0 Å². The zero-order chi connectivity index (χ0) is 10.7. The third-order valence-electron chi connectivity index (χ3n) is 1.72. The van der Waals surface area contributed by atoms with Crippen molar-refractivity contribution in [3.05, 3.63) is 33.1 Å². The first-order valence-corrected chi connectivity index (χ1v) is 4.91. The molecule has 0 bridgehead atoms. The van der Waals surface area contributed by atoms with Crippen LogP contribution in [0.3, 0.4) is 0 Å². The fourth-order valence-electron chi connectivity index (χ4n) is 0.914. The maximum Gasteiger partial charge on any atom is 0.278 e. The van der Waals surface area contributed by atoms with Gasteiger partial charge in [0.15, 0.2) is 0 Å². The fourth-order valence-corrected chi connectivity index (χ4v) is 1.48. The molecular formula is C9H9FINO2. The highest BCUT2D eigenvalue weighted by molar-refractivity contribution is 14.1. The summed E-state index contributed by atoms with van der Waals surface area (Å²) < 4.78 is 13.6. The topological polar surface area (TPSA) is 29.5 Å². The van der Waals surface area contributed by atoms with Gasteiger partial charge in [0.2, 0.25) is 0 Å². The second kappa shape index (κ2) is 4.70. The van der Waals surface area contributed by atoms with Crippen LogP contribution >= 0.6 is 22.6 Å². The molecule has 0 radical (unpaired) electrons. The van der Waals surface area contributed by atoms with Gasteiger partial charge in [0.25, 0.3) is 5.91 Å². The van der Waals surface area contributed by atoms with E-state index in [9.17, 15) is 9.18 Å². The number of hydroxylamine groups is 2. The average molecular weight is 309 g/mol. The summed E-state index contributed by atoms with van der Waals surface area (Å²) in [6, 6.07) is 4.05. The number of hydrogen-bond donors (Lipinski definition) is 0. The third kappa shape index (κ3) is 2.42. The maximum absolute atomic E-state index is 12.9. The van der Waals surface area contributed by atoms with E-state index in [1.807, 2.05) is 22.6 Å². The second-order valence-electron chi connectivity index (χ2n) is 2.61. The SMILES string of the molecule is CON(C)C(=O)c1cc(F)ccc1I. The van der Waals surface area contributed by atoms with Crippen LogP contribution in [0.15, 0.2) is 18.2 Å². The Bertz CT molecular complexity index is 357. The summed E-state index contributed by atoms with van der Waals surface area (Å²) in [5, 5.41) is 1.05. The molecule has 0 fully saturated rings. The van der Waals surface area contributed by atoms with Crippen molar-refractivity contribution in [2.45, 2.75) is 0 Å². The Balaban J connectivity index is 3.06. The minimum absolute atomic E-state index is 0.301. The maximum atomic E-state index is 12.9. The summed E-state index contributed by atoms with van der Waals surface area (Å²) in [5.41, 5.74) is 0.301. The Labute approximate surface area is 94.9 Å². The van der Waals surface area contributed by atoms with Crippen LogP contribution in [0.2, 0.25) is 0 Å². The largest absolute Gasteiger partial charge is 0.278 e. The molecule has 14 heavy (non-hydrogen) atoms. The van der Waals surface area contributed by atoms with Gasteiger partial charge in [-0.3, -0.25) is 9.63 Å². The van der Waals surface area contributed by atoms with Crippen LogP contribution in [-0.2, 0) is 4.84 Å². The van der Waals surface area contributed by atoms with E-state index < -0.39 is 5.82 Å². The highest BCUT2D eigenvalue weighted by atomic mass is 127. The smallest absolute Gasteiger partial charge is 0.274 e. The van der Waals surface area contributed by atoms with Crippen LogP contribution in [0.1, 0.15) is 10.4 Å². The summed E-state index contributed by atoms with van der Waals surface area (Å²) in [6.45, 7) is 0. The number of amides is 1. The first-order valence-electron chi connectivity index (χ1n) is 3.83. The Hall–Kier alpha value is -0.690. The Morgan fingerprint density at radius 1 is 1.57 bits per heavy atom. The molecule has 0 saturated carbocycles. The molecule has 1 rings (SSSR count). The van der Waals surface area contributed by atoms with Crippen LogP contribution in [-0.4, -0.2) is 25.1 Å². The van der Waals surface area contributed by atoms with Crippen LogP contribution in [0.25, 0.3) is 0 Å². The van der Waals surface area contributed by atoms with E-state index in [2.05, 4.69) is 0 Å². The zero-order valence-electron chi connectivity index (χ0n) is 7.75. The Morgan fingerprint density at radius 2 is 2.21 bits per heavy atom. The lowest BCUT2D eigenvalue weighted by Crippen LogP contribution is -2.26. The highest BCUT2D eigenvalue weighted by Gasteiger charge is 2.15. The molecule has 0 aliphatic rings. The van der Waals surface area contributed by atoms with Gasteiger partial charge in [0, 0.05) is 10.6 Å².